The number of piperidine rings is 1. The molecule has 5 heteroatoms. The second-order valence-electron chi connectivity index (χ2n) is 7.40. The Bertz CT molecular complexity index is 539. The summed E-state index contributed by atoms with van der Waals surface area (Å²) in [5.74, 6) is 0.944. The molecule has 1 fully saturated rings. The summed E-state index contributed by atoms with van der Waals surface area (Å²) in [4.78, 5) is 20.9. The molecule has 1 aliphatic rings. The number of anilines is 1. The molecule has 0 aromatic carbocycles. The Morgan fingerprint density at radius 2 is 2.17 bits per heavy atom. The molecule has 1 amide bonds. The minimum absolute atomic E-state index is 0.172. The Hall–Kier alpha value is -1.78. The van der Waals surface area contributed by atoms with E-state index in [1.54, 1.807) is 0 Å². The van der Waals surface area contributed by atoms with Crippen LogP contribution in [0.15, 0.2) is 18.3 Å². The summed E-state index contributed by atoms with van der Waals surface area (Å²) in [5.41, 5.74) is 0.734. The van der Waals surface area contributed by atoms with Gasteiger partial charge in [-0.1, -0.05) is 0 Å². The smallest absolute Gasteiger partial charge is 0.410 e. The van der Waals surface area contributed by atoms with Crippen molar-refractivity contribution in [1.29, 1.82) is 0 Å². The van der Waals surface area contributed by atoms with Gasteiger partial charge in [0.1, 0.15) is 11.4 Å². The molecule has 5 nitrogen and oxygen atoms in total. The predicted molar refractivity (Wildman–Crippen MR) is 92.8 cm³/mol. The molecule has 0 saturated carbocycles. The number of rotatable bonds is 3. The van der Waals surface area contributed by atoms with Crippen LogP contribution in [0.4, 0.5) is 10.6 Å². The number of hydrogen-bond donors (Lipinski definition) is 0. The molecule has 1 aromatic rings. The highest BCUT2D eigenvalue weighted by Crippen LogP contribution is 2.22. The first-order chi connectivity index (χ1) is 10.8. The van der Waals surface area contributed by atoms with Crippen LogP contribution in [0.5, 0.6) is 0 Å². The van der Waals surface area contributed by atoms with E-state index in [2.05, 4.69) is 22.9 Å². The average molecular weight is 319 g/mol. The summed E-state index contributed by atoms with van der Waals surface area (Å²) in [6.07, 6.45) is 4.83. The normalized spacial score (nSPS) is 18.7. The maximum atomic E-state index is 12.5. The number of carbonyl (C=O) groups is 1. The molecule has 1 aromatic heterocycles. The van der Waals surface area contributed by atoms with Crippen LogP contribution in [0.25, 0.3) is 0 Å². The molecule has 0 N–H and O–H groups in total. The Balaban J connectivity index is 2.05. The number of ether oxygens (including phenoxy) is 1. The van der Waals surface area contributed by atoms with Gasteiger partial charge in [0.25, 0.3) is 0 Å². The Morgan fingerprint density at radius 3 is 2.83 bits per heavy atom. The van der Waals surface area contributed by atoms with Gasteiger partial charge in [0.2, 0.25) is 0 Å². The summed E-state index contributed by atoms with van der Waals surface area (Å²) in [7, 11) is 2.03. The van der Waals surface area contributed by atoms with Crippen LogP contribution in [-0.4, -0.2) is 47.8 Å². The quantitative estimate of drug-likeness (QED) is 0.853. The third-order valence-electron chi connectivity index (χ3n) is 4.03. The molecule has 1 saturated heterocycles. The number of nitrogens with zero attached hydrogens (tertiary/aromatic N) is 3. The van der Waals surface area contributed by atoms with Crippen molar-refractivity contribution in [1.82, 2.24) is 9.88 Å². The summed E-state index contributed by atoms with van der Waals surface area (Å²) < 4.78 is 5.57. The van der Waals surface area contributed by atoms with Crippen molar-refractivity contribution in [2.24, 2.45) is 0 Å². The van der Waals surface area contributed by atoms with E-state index in [4.69, 9.17) is 4.74 Å². The van der Waals surface area contributed by atoms with Gasteiger partial charge in [-0.2, -0.15) is 0 Å². The van der Waals surface area contributed by atoms with Crippen LogP contribution in [0.3, 0.4) is 0 Å². The van der Waals surface area contributed by atoms with Crippen molar-refractivity contribution in [3.8, 4) is 0 Å². The summed E-state index contributed by atoms with van der Waals surface area (Å²) in [5, 5.41) is 0. The first-order valence-electron chi connectivity index (χ1n) is 8.40. The Morgan fingerprint density at radius 1 is 1.43 bits per heavy atom. The van der Waals surface area contributed by atoms with E-state index in [-0.39, 0.29) is 12.1 Å². The van der Waals surface area contributed by atoms with Crippen LogP contribution in [-0.2, 0) is 4.74 Å². The van der Waals surface area contributed by atoms with Crippen molar-refractivity contribution in [3.05, 3.63) is 23.9 Å². The predicted octanol–water partition coefficient (Wildman–Crippen LogP) is 3.62. The van der Waals surface area contributed by atoms with Gasteiger partial charge in [-0.15, -0.1) is 0 Å². The molecule has 1 atom stereocenters. The fourth-order valence-corrected chi connectivity index (χ4v) is 2.89. The van der Waals surface area contributed by atoms with E-state index in [0.29, 0.717) is 0 Å². The fourth-order valence-electron chi connectivity index (χ4n) is 2.89. The lowest BCUT2D eigenvalue weighted by Gasteiger charge is -2.38. The number of hydrogen-bond acceptors (Lipinski definition) is 4. The van der Waals surface area contributed by atoms with Gasteiger partial charge in [-0.05, 0) is 64.7 Å². The minimum Gasteiger partial charge on any atom is -0.444 e. The topological polar surface area (TPSA) is 45.7 Å². The molecule has 0 spiro atoms. The zero-order valence-electron chi connectivity index (χ0n) is 15.0. The lowest BCUT2D eigenvalue weighted by molar-refractivity contribution is 0.0108. The second kappa shape index (κ2) is 7.20. The van der Waals surface area contributed by atoms with Crippen molar-refractivity contribution in [3.63, 3.8) is 0 Å². The molecule has 128 valence electrons. The second-order valence-corrected chi connectivity index (χ2v) is 7.40. The number of likely N-dealkylation sites (N-methyl/N-ethyl adjacent to an activating group) is 1. The number of aryl methyl sites for hydroxylation is 1. The summed E-state index contributed by atoms with van der Waals surface area (Å²) in [6.45, 7) is 9.34. The van der Waals surface area contributed by atoms with Crippen LogP contribution in [0.1, 0.15) is 45.6 Å². The minimum atomic E-state index is -0.455. The standard InChI is InChI=1S/C18H29N3O2/c1-14-9-10-19-16(12-14)20(5)13-15-8-6-7-11-21(15)17(22)23-18(2,3)4/h9-10,12,15H,6-8,11,13H2,1-5H3. The first-order valence-corrected chi connectivity index (χ1v) is 8.40. The zero-order chi connectivity index (χ0) is 17.0. The molecule has 0 bridgehead atoms. The van der Waals surface area contributed by atoms with Gasteiger partial charge >= 0.3 is 6.09 Å². The third kappa shape index (κ3) is 5.12. The number of amides is 1. The van der Waals surface area contributed by atoms with Crippen LogP contribution < -0.4 is 4.90 Å². The van der Waals surface area contributed by atoms with Crippen molar-refractivity contribution in [2.45, 2.75) is 58.6 Å². The van der Waals surface area contributed by atoms with Crippen LogP contribution in [0.2, 0.25) is 0 Å². The number of carbonyl (C=O) groups excluding carboxylic acids is 1. The molecule has 1 unspecified atom stereocenters. The molecule has 1 aliphatic heterocycles. The van der Waals surface area contributed by atoms with Gasteiger partial charge in [0.15, 0.2) is 0 Å². The van der Waals surface area contributed by atoms with E-state index in [9.17, 15) is 4.79 Å². The van der Waals surface area contributed by atoms with E-state index in [1.165, 1.54) is 5.56 Å². The summed E-state index contributed by atoms with van der Waals surface area (Å²) >= 11 is 0. The SMILES string of the molecule is Cc1ccnc(N(C)CC2CCCCN2C(=O)OC(C)(C)C)c1. The van der Waals surface area contributed by atoms with E-state index in [1.807, 2.05) is 45.0 Å². The molecule has 23 heavy (non-hydrogen) atoms. The number of aromatic nitrogens is 1. The lowest BCUT2D eigenvalue weighted by atomic mass is 10.0. The highest BCUT2D eigenvalue weighted by Gasteiger charge is 2.31. The van der Waals surface area contributed by atoms with Gasteiger partial charge in [-0.25, -0.2) is 9.78 Å². The molecule has 0 radical (unpaired) electrons. The maximum absolute atomic E-state index is 12.5. The van der Waals surface area contributed by atoms with E-state index >= 15 is 0 Å². The van der Waals surface area contributed by atoms with Gasteiger partial charge in [-0.3, -0.25) is 0 Å². The Kier molecular flexibility index (Phi) is 5.50. The largest absolute Gasteiger partial charge is 0.444 e. The zero-order valence-corrected chi connectivity index (χ0v) is 15.0. The Labute approximate surface area is 139 Å². The van der Waals surface area contributed by atoms with Crippen molar-refractivity contribution in [2.75, 3.05) is 25.0 Å². The molecular formula is C18H29N3O2. The van der Waals surface area contributed by atoms with E-state index < -0.39 is 5.60 Å². The molecule has 0 aliphatic carbocycles. The highest BCUT2D eigenvalue weighted by atomic mass is 16.6. The molecule has 2 rings (SSSR count). The highest BCUT2D eigenvalue weighted by molar-refractivity contribution is 5.68. The van der Waals surface area contributed by atoms with Crippen LogP contribution in [0, 0.1) is 6.92 Å². The van der Waals surface area contributed by atoms with Crippen LogP contribution >= 0.6 is 0 Å². The summed E-state index contributed by atoms with van der Waals surface area (Å²) in [6, 6.07) is 4.23. The molecular weight excluding hydrogens is 290 g/mol. The lowest BCUT2D eigenvalue weighted by Crippen LogP contribution is -2.50. The van der Waals surface area contributed by atoms with Gasteiger partial charge in [0.05, 0.1) is 6.04 Å². The maximum Gasteiger partial charge on any atom is 0.410 e. The number of pyridine rings is 1. The fraction of sp³-hybridized carbons (Fsp3) is 0.667. The van der Waals surface area contributed by atoms with E-state index in [0.717, 1.165) is 38.2 Å². The van der Waals surface area contributed by atoms with Gasteiger partial charge in [0, 0.05) is 26.3 Å². The van der Waals surface area contributed by atoms with Gasteiger partial charge < -0.3 is 14.5 Å². The molecule has 2 heterocycles. The van der Waals surface area contributed by atoms with Crippen molar-refractivity contribution >= 4 is 11.9 Å². The number of likely N-dealkylation sites (tertiary alicyclic amines) is 1. The monoisotopic (exact) mass is 319 g/mol. The van der Waals surface area contributed by atoms with Crippen molar-refractivity contribution < 1.29 is 9.53 Å². The first kappa shape index (κ1) is 17.6. The average Bonchev–Trinajstić information content (AvgIpc) is 2.46. The third-order valence-corrected chi connectivity index (χ3v) is 4.03.